The van der Waals surface area contributed by atoms with Gasteiger partial charge in [0.1, 0.15) is 5.82 Å². The monoisotopic (exact) mass is 381 g/mol. The maximum absolute atomic E-state index is 12.8. The predicted molar refractivity (Wildman–Crippen MR) is 116 cm³/mol. The van der Waals surface area contributed by atoms with E-state index in [-0.39, 0.29) is 11.8 Å². The molecule has 144 valence electrons. The fourth-order valence-corrected chi connectivity index (χ4v) is 4.26. The van der Waals surface area contributed by atoms with E-state index in [4.69, 9.17) is 4.98 Å². The molecule has 0 radical (unpaired) electrons. The van der Waals surface area contributed by atoms with E-state index in [1.54, 1.807) is 0 Å². The molecule has 4 aromatic rings. The summed E-state index contributed by atoms with van der Waals surface area (Å²) in [5.41, 5.74) is 4.42. The average molecular weight is 381 g/mol. The van der Waals surface area contributed by atoms with Crippen molar-refractivity contribution >= 4 is 22.6 Å². The highest BCUT2D eigenvalue weighted by Gasteiger charge is 2.34. The molecule has 1 aliphatic heterocycles. The first kappa shape index (κ1) is 17.7. The van der Waals surface area contributed by atoms with Gasteiger partial charge in [-0.15, -0.1) is 0 Å². The summed E-state index contributed by atoms with van der Waals surface area (Å²) in [6, 6.07) is 28.7. The van der Waals surface area contributed by atoms with Crippen LogP contribution in [0, 0.1) is 0 Å². The van der Waals surface area contributed by atoms with E-state index in [2.05, 4.69) is 47.0 Å². The summed E-state index contributed by atoms with van der Waals surface area (Å²) >= 11 is 0. The summed E-state index contributed by atoms with van der Waals surface area (Å²) < 4.78 is 2.31. The number of amides is 1. The summed E-state index contributed by atoms with van der Waals surface area (Å²) in [7, 11) is 0. The highest BCUT2D eigenvalue weighted by atomic mass is 16.2. The van der Waals surface area contributed by atoms with Gasteiger partial charge in [-0.1, -0.05) is 60.7 Å². The number of hydrogen-bond donors (Lipinski definition) is 0. The third-order valence-corrected chi connectivity index (χ3v) is 5.71. The molecule has 0 N–H and O–H groups in total. The number of benzene rings is 3. The van der Waals surface area contributed by atoms with Gasteiger partial charge in [-0.25, -0.2) is 4.98 Å². The second-order valence-corrected chi connectivity index (χ2v) is 7.59. The van der Waals surface area contributed by atoms with Crippen molar-refractivity contribution in [3.8, 4) is 0 Å². The molecule has 4 heteroatoms. The minimum Gasteiger partial charge on any atom is -0.327 e. The molecule has 2 heterocycles. The molecule has 0 saturated carbocycles. The first-order chi connectivity index (χ1) is 14.3. The van der Waals surface area contributed by atoms with E-state index in [0.717, 1.165) is 35.5 Å². The fourth-order valence-electron chi connectivity index (χ4n) is 4.26. The van der Waals surface area contributed by atoms with Crippen LogP contribution >= 0.6 is 0 Å². The molecule has 29 heavy (non-hydrogen) atoms. The van der Waals surface area contributed by atoms with Crippen molar-refractivity contribution in [1.29, 1.82) is 0 Å². The van der Waals surface area contributed by atoms with Crippen LogP contribution in [0.1, 0.15) is 23.7 Å². The number of aromatic nitrogens is 2. The Bertz CT molecular complexity index is 1130. The minimum atomic E-state index is 0.103. The molecule has 4 nitrogen and oxygen atoms in total. The Morgan fingerprint density at radius 3 is 2.34 bits per heavy atom. The van der Waals surface area contributed by atoms with Crippen LogP contribution < -0.4 is 4.90 Å². The molecular weight excluding hydrogens is 358 g/mol. The summed E-state index contributed by atoms with van der Waals surface area (Å²) in [5, 5.41) is 0. The number of carbonyl (C=O) groups excluding carboxylic acids is 1. The van der Waals surface area contributed by atoms with Crippen molar-refractivity contribution in [2.24, 2.45) is 0 Å². The van der Waals surface area contributed by atoms with Crippen molar-refractivity contribution < 1.29 is 4.79 Å². The number of hydrogen-bond acceptors (Lipinski definition) is 2. The number of nitrogens with zero attached hydrogens (tertiary/aromatic N) is 3. The topological polar surface area (TPSA) is 38.1 Å². The summed E-state index contributed by atoms with van der Waals surface area (Å²) in [4.78, 5) is 19.6. The molecule has 1 fully saturated rings. The van der Waals surface area contributed by atoms with Crippen molar-refractivity contribution in [3.05, 3.63) is 96.3 Å². The quantitative estimate of drug-likeness (QED) is 0.498. The van der Waals surface area contributed by atoms with Gasteiger partial charge in [0, 0.05) is 31.1 Å². The zero-order valence-electron chi connectivity index (χ0n) is 16.2. The maximum atomic E-state index is 12.8. The maximum Gasteiger partial charge on any atom is 0.227 e. The summed E-state index contributed by atoms with van der Waals surface area (Å²) in [5.74, 6) is 1.29. The van der Waals surface area contributed by atoms with Crippen molar-refractivity contribution in [2.75, 3.05) is 11.4 Å². The molecule has 3 aromatic carbocycles. The van der Waals surface area contributed by atoms with E-state index < -0.39 is 0 Å². The van der Waals surface area contributed by atoms with E-state index in [1.165, 1.54) is 5.56 Å². The predicted octanol–water partition coefficient (Wildman–Crippen LogP) is 4.80. The fraction of sp³-hybridized carbons (Fsp3) is 0.200. The number of imidazole rings is 1. The summed E-state index contributed by atoms with van der Waals surface area (Å²) in [6.07, 6.45) is 1.45. The van der Waals surface area contributed by atoms with Crippen LogP contribution in [0.2, 0.25) is 0 Å². The molecule has 5 rings (SSSR count). The van der Waals surface area contributed by atoms with Crippen LogP contribution in [0.15, 0.2) is 84.9 Å². The Hall–Kier alpha value is -3.40. The van der Waals surface area contributed by atoms with E-state index in [0.29, 0.717) is 13.0 Å². The van der Waals surface area contributed by atoms with Crippen LogP contribution in [0.4, 0.5) is 5.69 Å². The largest absolute Gasteiger partial charge is 0.327 e. The van der Waals surface area contributed by atoms with Crippen LogP contribution in [0.25, 0.3) is 11.0 Å². The van der Waals surface area contributed by atoms with Crippen molar-refractivity contribution in [1.82, 2.24) is 9.55 Å². The molecule has 1 saturated heterocycles. The molecular formula is C25H23N3O. The molecule has 1 amide bonds. The number of rotatable bonds is 5. The first-order valence-electron chi connectivity index (χ1n) is 10.1. The molecule has 0 unspecified atom stereocenters. The van der Waals surface area contributed by atoms with Crippen LogP contribution in [-0.2, 0) is 17.8 Å². The molecule has 1 aliphatic rings. The van der Waals surface area contributed by atoms with Gasteiger partial charge in [0.15, 0.2) is 0 Å². The van der Waals surface area contributed by atoms with Crippen LogP contribution in [0.5, 0.6) is 0 Å². The standard InChI is InChI=1S/C25H23N3O/c29-24-17-20(18-28(24)21-11-5-2-6-12-21)25-26-22-13-7-8-14-23(22)27(25)16-15-19-9-3-1-4-10-19/h1-14,20H,15-18H2/t20-/m0/s1. The lowest BCUT2D eigenvalue weighted by molar-refractivity contribution is -0.117. The van der Waals surface area contributed by atoms with Crippen molar-refractivity contribution in [2.45, 2.75) is 25.3 Å². The Balaban J connectivity index is 1.47. The smallest absolute Gasteiger partial charge is 0.227 e. The lowest BCUT2D eigenvalue weighted by Crippen LogP contribution is -2.24. The molecule has 0 bridgehead atoms. The SMILES string of the molecule is O=C1C[C@H](c2nc3ccccc3n2CCc2ccccc2)CN1c1ccccc1. The van der Waals surface area contributed by atoms with Crippen LogP contribution in [-0.4, -0.2) is 22.0 Å². The number of para-hydroxylation sites is 3. The lowest BCUT2D eigenvalue weighted by atomic mass is 10.1. The molecule has 0 spiro atoms. The first-order valence-corrected chi connectivity index (χ1v) is 10.1. The highest BCUT2D eigenvalue weighted by molar-refractivity contribution is 5.96. The Labute approximate surface area is 170 Å². The van der Waals surface area contributed by atoms with E-state index >= 15 is 0 Å². The van der Waals surface area contributed by atoms with E-state index in [9.17, 15) is 4.79 Å². The Morgan fingerprint density at radius 2 is 1.55 bits per heavy atom. The highest BCUT2D eigenvalue weighted by Crippen LogP contribution is 2.33. The van der Waals surface area contributed by atoms with Gasteiger partial charge < -0.3 is 9.47 Å². The second kappa shape index (κ2) is 7.55. The van der Waals surface area contributed by atoms with Crippen molar-refractivity contribution in [3.63, 3.8) is 0 Å². The molecule has 1 atom stereocenters. The van der Waals surface area contributed by atoms with Gasteiger partial charge in [0.25, 0.3) is 0 Å². The van der Waals surface area contributed by atoms with Gasteiger partial charge in [-0.3, -0.25) is 4.79 Å². The van der Waals surface area contributed by atoms with Gasteiger partial charge >= 0.3 is 0 Å². The average Bonchev–Trinajstić information content (AvgIpc) is 3.34. The Kier molecular flexibility index (Phi) is 4.60. The van der Waals surface area contributed by atoms with Gasteiger partial charge in [-0.2, -0.15) is 0 Å². The van der Waals surface area contributed by atoms with Crippen LogP contribution in [0.3, 0.4) is 0 Å². The zero-order valence-corrected chi connectivity index (χ0v) is 16.2. The molecule has 0 aliphatic carbocycles. The lowest BCUT2D eigenvalue weighted by Gasteiger charge is -2.17. The zero-order chi connectivity index (χ0) is 19.6. The van der Waals surface area contributed by atoms with E-state index in [1.807, 2.05) is 47.4 Å². The second-order valence-electron chi connectivity index (χ2n) is 7.59. The molecule has 1 aromatic heterocycles. The summed E-state index contributed by atoms with van der Waals surface area (Å²) in [6.45, 7) is 1.54. The van der Waals surface area contributed by atoms with Gasteiger partial charge in [-0.05, 0) is 36.2 Å². The third kappa shape index (κ3) is 3.42. The normalized spacial score (nSPS) is 16.6. The minimum absolute atomic E-state index is 0.103. The van der Waals surface area contributed by atoms with Gasteiger partial charge in [0.05, 0.1) is 11.0 Å². The Morgan fingerprint density at radius 1 is 0.862 bits per heavy atom. The number of anilines is 1. The van der Waals surface area contributed by atoms with Gasteiger partial charge in [0.2, 0.25) is 5.91 Å². The number of fused-ring (bicyclic) bond motifs is 1. The third-order valence-electron chi connectivity index (χ3n) is 5.71. The number of aryl methyl sites for hydroxylation is 2. The number of carbonyl (C=O) groups is 1.